The first-order chi connectivity index (χ1) is 12.5. The van der Waals surface area contributed by atoms with Crippen molar-refractivity contribution in [3.63, 3.8) is 0 Å². The lowest BCUT2D eigenvalue weighted by Crippen LogP contribution is -2.20. The molecule has 0 unspecified atom stereocenters. The number of nitrogens with zero attached hydrogens (tertiary/aromatic N) is 3. The summed E-state index contributed by atoms with van der Waals surface area (Å²) in [5.41, 5.74) is 2.64. The first-order valence-corrected chi connectivity index (χ1v) is 8.20. The first-order valence-electron chi connectivity index (χ1n) is 8.20. The van der Waals surface area contributed by atoms with Gasteiger partial charge in [-0.25, -0.2) is 15.0 Å². The third kappa shape index (κ3) is 3.65. The molecule has 0 bridgehead atoms. The number of ether oxygens (including phenoxy) is 2. The number of fused-ring (bicyclic) bond motifs is 1. The average Bonchev–Trinajstić information content (AvgIpc) is 2.61. The van der Waals surface area contributed by atoms with Crippen LogP contribution in [-0.2, 0) is 11.2 Å². The van der Waals surface area contributed by atoms with Gasteiger partial charge in [-0.1, -0.05) is 0 Å². The van der Waals surface area contributed by atoms with E-state index in [1.807, 2.05) is 25.1 Å². The Kier molecular flexibility index (Phi) is 5.13. The van der Waals surface area contributed by atoms with Crippen molar-refractivity contribution in [3.8, 4) is 5.75 Å². The highest BCUT2D eigenvalue weighted by molar-refractivity contribution is 5.83. The third-order valence-electron chi connectivity index (χ3n) is 4.10. The molecule has 0 amide bonds. The molecular formula is C18H21N5O3. The van der Waals surface area contributed by atoms with Crippen molar-refractivity contribution in [3.05, 3.63) is 45.5 Å². The lowest BCUT2D eigenvalue weighted by atomic mass is 10.2. The molecule has 0 saturated carbocycles. The second kappa shape index (κ2) is 7.49. The van der Waals surface area contributed by atoms with Crippen LogP contribution in [-0.4, -0.2) is 40.8 Å². The van der Waals surface area contributed by atoms with E-state index in [0.29, 0.717) is 36.2 Å². The zero-order chi connectivity index (χ0) is 18.7. The van der Waals surface area contributed by atoms with Gasteiger partial charge < -0.3 is 9.47 Å². The molecule has 2 heterocycles. The van der Waals surface area contributed by atoms with Crippen LogP contribution >= 0.6 is 0 Å². The van der Waals surface area contributed by atoms with Gasteiger partial charge in [-0.2, -0.15) is 0 Å². The SMILES string of the molecule is COCCc1c(C)nc(Nc2nc(C)c3cc(OC)ccc3n2)[nH]c1=O. The fourth-order valence-electron chi connectivity index (χ4n) is 2.72. The summed E-state index contributed by atoms with van der Waals surface area (Å²) in [6, 6.07) is 5.60. The van der Waals surface area contributed by atoms with E-state index in [4.69, 9.17) is 9.47 Å². The van der Waals surface area contributed by atoms with Crippen LogP contribution < -0.4 is 15.6 Å². The topological polar surface area (TPSA) is 102 Å². The number of rotatable bonds is 6. The van der Waals surface area contributed by atoms with Crippen molar-refractivity contribution >= 4 is 22.8 Å². The van der Waals surface area contributed by atoms with Crippen LogP contribution in [0.2, 0.25) is 0 Å². The summed E-state index contributed by atoms with van der Waals surface area (Å²) in [4.78, 5) is 28.3. The smallest absolute Gasteiger partial charge is 0.255 e. The normalized spacial score (nSPS) is 10.9. The van der Waals surface area contributed by atoms with E-state index in [1.54, 1.807) is 21.1 Å². The summed E-state index contributed by atoms with van der Waals surface area (Å²) in [5.74, 6) is 1.42. The monoisotopic (exact) mass is 355 g/mol. The Morgan fingerprint density at radius 1 is 1.12 bits per heavy atom. The Morgan fingerprint density at radius 3 is 2.62 bits per heavy atom. The number of H-pyrrole nitrogens is 1. The number of aromatic nitrogens is 4. The van der Waals surface area contributed by atoms with Crippen LogP contribution in [0.25, 0.3) is 10.9 Å². The number of anilines is 2. The molecule has 3 rings (SSSR count). The fraction of sp³-hybridized carbons (Fsp3) is 0.333. The van der Waals surface area contributed by atoms with Crippen molar-refractivity contribution in [2.24, 2.45) is 0 Å². The fourth-order valence-corrected chi connectivity index (χ4v) is 2.72. The molecule has 2 aromatic heterocycles. The number of nitrogens with one attached hydrogen (secondary N) is 2. The highest BCUT2D eigenvalue weighted by Gasteiger charge is 2.11. The lowest BCUT2D eigenvalue weighted by molar-refractivity contribution is 0.202. The summed E-state index contributed by atoms with van der Waals surface area (Å²) in [6.45, 7) is 4.16. The van der Waals surface area contributed by atoms with Gasteiger partial charge in [0.15, 0.2) is 0 Å². The molecule has 26 heavy (non-hydrogen) atoms. The van der Waals surface area contributed by atoms with E-state index in [9.17, 15) is 4.79 Å². The quantitative estimate of drug-likeness (QED) is 0.699. The zero-order valence-corrected chi connectivity index (χ0v) is 15.2. The van der Waals surface area contributed by atoms with Gasteiger partial charge >= 0.3 is 0 Å². The van der Waals surface area contributed by atoms with Gasteiger partial charge in [0.1, 0.15) is 5.75 Å². The maximum absolute atomic E-state index is 12.3. The van der Waals surface area contributed by atoms with E-state index in [-0.39, 0.29) is 5.56 Å². The molecule has 0 aliphatic carbocycles. The molecule has 0 spiro atoms. The van der Waals surface area contributed by atoms with E-state index in [1.165, 1.54) is 0 Å². The number of aryl methyl sites for hydroxylation is 2. The molecule has 0 atom stereocenters. The largest absolute Gasteiger partial charge is 0.497 e. The number of aromatic amines is 1. The van der Waals surface area contributed by atoms with Gasteiger partial charge in [0.2, 0.25) is 11.9 Å². The van der Waals surface area contributed by atoms with Crippen LogP contribution in [0.1, 0.15) is 17.0 Å². The Bertz CT molecular complexity index is 1000. The molecule has 8 heteroatoms. The summed E-state index contributed by atoms with van der Waals surface area (Å²) in [7, 11) is 3.22. The molecule has 1 aromatic carbocycles. The Balaban J connectivity index is 1.92. The maximum atomic E-state index is 12.3. The van der Waals surface area contributed by atoms with Gasteiger partial charge in [-0.15, -0.1) is 0 Å². The molecular weight excluding hydrogens is 334 g/mol. The van der Waals surface area contributed by atoms with Gasteiger partial charge in [-0.3, -0.25) is 15.1 Å². The van der Waals surface area contributed by atoms with Crippen LogP contribution in [0, 0.1) is 13.8 Å². The molecule has 0 fully saturated rings. The standard InChI is InChI=1S/C18H21N5O3/c1-10-13(7-8-25-3)16(24)22-18(19-10)23-17-20-11(2)14-9-12(26-4)5-6-15(14)21-17/h5-6,9H,7-8H2,1-4H3,(H2,19,20,21,22,23,24). The minimum atomic E-state index is -0.195. The number of hydrogen-bond acceptors (Lipinski definition) is 7. The predicted molar refractivity (Wildman–Crippen MR) is 99.3 cm³/mol. The number of benzene rings is 1. The van der Waals surface area contributed by atoms with Crippen molar-refractivity contribution < 1.29 is 9.47 Å². The Morgan fingerprint density at radius 2 is 1.92 bits per heavy atom. The minimum absolute atomic E-state index is 0.195. The Hall–Kier alpha value is -3.00. The molecule has 136 valence electrons. The van der Waals surface area contributed by atoms with Crippen molar-refractivity contribution in [1.82, 2.24) is 19.9 Å². The van der Waals surface area contributed by atoms with E-state index in [2.05, 4.69) is 25.3 Å². The maximum Gasteiger partial charge on any atom is 0.255 e. The van der Waals surface area contributed by atoms with E-state index < -0.39 is 0 Å². The van der Waals surface area contributed by atoms with Gasteiger partial charge in [0, 0.05) is 24.5 Å². The van der Waals surface area contributed by atoms with Crippen molar-refractivity contribution in [1.29, 1.82) is 0 Å². The summed E-state index contributed by atoms with van der Waals surface area (Å²) in [5, 5.41) is 3.88. The highest BCUT2D eigenvalue weighted by atomic mass is 16.5. The molecule has 2 N–H and O–H groups in total. The van der Waals surface area contributed by atoms with Gasteiger partial charge in [0.05, 0.1) is 30.6 Å². The summed E-state index contributed by atoms with van der Waals surface area (Å²) >= 11 is 0. The van der Waals surface area contributed by atoms with Crippen LogP contribution in [0.3, 0.4) is 0 Å². The molecule has 0 aliphatic heterocycles. The van der Waals surface area contributed by atoms with Crippen molar-refractivity contribution in [2.45, 2.75) is 20.3 Å². The van der Waals surface area contributed by atoms with Crippen LogP contribution in [0.5, 0.6) is 5.75 Å². The second-order valence-corrected chi connectivity index (χ2v) is 5.86. The van der Waals surface area contributed by atoms with Crippen molar-refractivity contribution in [2.75, 3.05) is 26.1 Å². The number of methoxy groups -OCH3 is 2. The molecule has 3 aromatic rings. The summed E-state index contributed by atoms with van der Waals surface area (Å²) < 4.78 is 10.3. The second-order valence-electron chi connectivity index (χ2n) is 5.86. The first kappa shape index (κ1) is 17.8. The molecule has 0 saturated heterocycles. The third-order valence-corrected chi connectivity index (χ3v) is 4.10. The Labute approximate surface area is 150 Å². The number of hydrogen-bond donors (Lipinski definition) is 2. The van der Waals surface area contributed by atoms with Crippen LogP contribution in [0.4, 0.5) is 11.9 Å². The summed E-state index contributed by atoms with van der Waals surface area (Å²) in [6.07, 6.45) is 0.512. The molecule has 0 radical (unpaired) electrons. The van der Waals surface area contributed by atoms with E-state index >= 15 is 0 Å². The van der Waals surface area contributed by atoms with Gasteiger partial charge in [0.25, 0.3) is 5.56 Å². The average molecular weight is 355 g/mol. The van der Waals surface area contributed by atoms with E-state index in [0.717, 1.165) is 22.3 Å². The predicted octanol–water partition coefficient (Wildman–Crippen LogP) is 2.27. The van der Waals surface area contributed by atoms with Crippen LogP contribution in [0.15, 0.2) is 23.0 Å². The molecule has 0 aliphatic rings. The molecule has 8 nitrogen and oxygen atoms in total. The lowest BCUT2D eigenvalue weighted by Gasteiger charge is -2.10. The zero-order valence-electron chi connectivity index (χ0n) is 15.2. The highest BCUT2D eigenvalue weighted by Crippen LogP contribution is 2.23. The van der Waals surface area contributed by atoms with Gasteiger partial charge in [-0.05, 0) is 32.0 Å². The minimum Gasteiger partial charge on any atom is -0.497 e.